The summed E-state index contributed by atoms with van der Waals surface area (Å²) in [6.07, 6.45) is 19.2. The summed E-state index contributed by atoms with van der Waals surface area (Å²) < 4.78 is 0. The van der Waals surface area contributed by atoms with E-state index in [1.54, 1.807) is 0 Å². The normalized spacial score (nSPS) is 11.1. The van der Waals surface area contributed by atoms with Crippen molar-refractivity contribution in [3.8, 4) is 0 Å². The van der Waals surface area contributed by atoms with Crippen LogP contribution < -0.4 is 0 Å². The van der Waals surface area contributed by atoms with Gasteiger partial charge in [0.2, 0.25) is 0 Å². The predicted octanol–water partition coefficient (Wildman–Crippen LogP) is 5.05. The Morgan fingerprint density at radius 2 is 1.25 bits per heavy atom. The molecule has 0 aliphatic carbocycles. The highest BCUT2D eigenvalue weighted by Gasteiger charge is 1.89. The maximum atomic E-state index is 10.1. The molecule has 0 radical (unpaired) electrons. The summed E-state index contributed by atoms with van der Waals surface area (Å²) in [5.41, 5.74) is 0. The van der Waals surface area contributed by atoms with E-state index in [-0.39, 0.29) is 0 Å². The summed E-state index contributed by atoms with van der Waals surface area (Å²) in [5, 5.41) is 0. The zero-order chi connectivity index (χ0) is 11.9. The van der Waals surface area contributed by atoms with Gasteiger partial charge in [-0.25, -0.2) is 0 Å². The van der Waals surface area contributed by atoms with E-state index in [2.05, 4.69) is 19.1 Å². The van der Waals surface area contributed by atoms with Crippen molar-refractivity contribution in [3.05, 3.63) is 12.2 Å². The minimum atomic E-state index is 0.710. The third-order valence-electron chi connectivity index (χ3n) is 2.83. The highest BCUT2D eigenvalue weighted by atomic mass is 16.1. The number of hydrogen-bond donors (Lipinski definition) is 0. The number of allylic oxidation sites excluding steroid dienone is 2. The molecule has 0 aliphatic rings. The van der Waals surface area contributed by atoms with E-state index in [1.165, 1.54) is 51.4 Å². The summed E-state index contributed by atoms with van der Waals surface area (Å²) in [6.45, 7) is 2.26. The van der Waals surface area contributed by atoms with Gasteiger partial charge in [0.05, 0.1) is 0 Å². The molecule has 0 aliphatic heterocycles. The average molecular weight is 224 g/mol. The molecule has 1 nitrogen and oxygen atoms in total. The minimum absolute atomic E-state index is 0.710. The second-order valence-electron chi connectivity index (χ2n) is 4.48. The second kappa shape index (κ2) is 14.4. The van der Waals surface area contributed by atoms with Crippen LogP contribution in [0, 0.1) is 0 Å². The first kappa shape index (κ1) is 15.4. The first-order chi connectivity index (χ1) is 7.91. The van der Waals surface area contributed by atoms with Crippen molar-refractivity contribution in [2.45, 2.75) is 77.6 Å². The van der Waals surface area contributed by atoms with E-state index >= 15 is 0 Å². The third kappa shape index (κ3) is 13.4. The number of hydrogen-bond acceptors (Lipinski definition) is 1. The van der Waals surface area contributed by atoms with Crippen molar-refractivity contribution >= 4 is 6.29 Å². The Morgan fingerprint density at radius 1 is 0.688 bits per heavy atom. The molecule has 0 aromatic heterocycles. The molecule has 0 heterocycles. The molecule has 16 heavy (non-hydrogen) atoms. The number of carbonyl (C=O) groups is 1. The van der Waals surface area contributed by atoms with E-state index in [4.69, 9.17) is 0 Å². The standard InChI is InChI=1S/C15H28O/c1-2-3-4-5-6-7-8-9-10-11-12-13-14-15-16/h10-11,15H,2-9,12-14H2,1H3. The fourth-order valence-electron chi connectivity index (χ4n) is 1.77. The van der Waals surface area contributed by atoms with Crippen molar-refractivity contribution in [1.29, 1.82) is 0 Å². The van der Waals surface area contributed by atoms with Gasteiger partial charge in [-0.2, -0.15) is 0 Å². The minimum Gasteiger partial charge on any atom is -0.303 e. The number of rotatable bonds is 12. The number of unbranched alkanes of at least 4 members (excludes halogenated alkanes) is 9. The monoisotopic (exact) mass is 224 g/mol. The molecular weight excluding hydrogens is 196 g/mol. The van der Waals surface area contributed by atoms with Crippen LogP contribution in [0.3, 0.4) is 0 Å². The van der Waals surface area contributed by atoms with Crippen LogP contribution in [0.15, 0.2) is 12.2 Å². The van der Waals surface area contributed by atoms with Crippen LogP contribution >= 0.6 is 0 Å². The van der Waals surface area contributed by atoms with Crippen molar-refractivity contribution in [2.75, 3.05) is 0 Å². The van der Waals surface area contributed by atoms with E-state index in [9.17, 15) is 4.79 Å². The smallest absolute Gasteiger partial charge is 0.120 e. The molecule has 0 bridgehead atoms. The van der Waals surface area contributed by atoms with E-state index in [0.717, 1.165) is 19.1 Å². The van der Waals surface area contributed by atoms with E-state index in [0.29, 0.717) is 6.42 Å². The summed E-state index contributed by atoms with van der Waals surface area (Å²) in [5.74, 6) is 0. The molecule has 0 aromatic carbocycles. The van der Waals surface area contributed by atoms with Gasteiger partial charge in [0.15, 0.2) is 0 Å². The molecule has 0 saturated carbocycles. The van der Waals surface area contributed by atoms with Crippen molar-refractivity contribution < 1.29 is 4.79 Å². The van der Waals surface area contributed by atoms with E-state index in [1.807, 2.05) is 0 Å². The van der Waals surface area contributed by atoms with Gasteiger partial charge in [-0.05, 0) is 25.7 Å². The predicted molar refractivity (Wildman–Crippen MR) is 71.7 cm³/mol. The van der Waals surface area contributed by atoms with Crippen molar-refractivity contribution in [2.24, 2.45) is 0 Å². The Kier molecular flexibility index (Phi) is 13.9. The molecule has 0 saturated heterocycles. The molecule has 0 aromatic rings. The fraction of sp³-hybridized carbons (Fsp3) is 0.800. The average Bonchev–Trinajstić information content (AvgIpc) is 2.31. The van der Waals surface area contributed by atoms with Gasteiger partial charge in [0.1, 0.15) is 6.29 Å². The van der Waals surface area contributed by atoms with Gasteiger partial charge in [-0.1, -0.05) is 57.6 Å². The van der Waals surface area contributed by atoms with Gasteiger partial charge in [0.25, 0.3) is 0 Å². The van der Waals surface area contributed by atoms with Gasteiger partial charge in [-0.15, -0.1) is 0 Å². The molecule has 0 unspecified atom stereocenters. The summed E-state index contributed by atoms with van der Waals surface area (Å²) in [7, 11) is 0. The number of aldehydes is 1. The lowest BCUT2D eigenvalue weighted by Gasteiger charge is -1.98. The lowest BCUT2D eigenvalue weighted by Crippen LogP contribution is -1.79. The Labute approximate surface area is 101 Å². The fourth-order valence-corrected chi connectivity index (χ4v) is 1.77. The zero-order valence-electron chi connectivity index (χ0n) is 10.9. The van der Waals surface area contributed by atoms with Gasteiger partial charge >= 0.3 is 0 Å². The van der Waals surface area contributed by atoms with Crippen molar-refractivity contribution in [3.63, 3.8) is 0 Å². The van der Waals surface area contributed by atoms with Gasteiger partial charge in [-0.3, -0.25) is 0 Å². The Bertz CT molecular complexity index is 161. The zero-order valence-corrected chi connectivity index (χ0v) is 10.9. The maximum Gasteiger partial charge on any atom is 0.120 e. The Hall–Kier alpha value is -0.590. The van der Waals surface area contributed by atoms with Crippen LogP contribution in [0.1, 0.15) is 77.6 Å². The second-order valence-corrected chi connectivity index (χ2v) is 4.48. The molecule has 1 heteroatoms. The quantitative estimate of drug-likeness (QED) is 0.257. The highest BCUT2D eigenvalue weighted by Crippen LogP contribution is 2.08. The molecule has 0 rings (SSSR count). The molecule has 0 amide bonds. The summed E-state index contributed by atoms with van der Waals surface area (Å²) in [6, 6.07) is 0. The van der Waals surface area contributed by atoms with E-state index < -0.39 is 0 Å². The van der Waals surface area contributed by atoms with Crippen LogP contribution in [0.2, 0.25) is 0 Å². The topological polar surface area (TPSA) is 17.1 Å². The van der Waals surface area contributed by atoms with Crippen LogP contribution in [0.25, 0.3) is 0 Å². The Morgan fingerprint density at radius 3 is 1.88 bits per heavy atom. The first-order valence-corrected chi connectivity index (χ1v) is 7.00. The lowest BCUT2D eigenvalue weighted by atomic mass is 10.1. The van der Waals surface area contributed by atoms with Crippen LogP contribution in [-0.4, -0.2) is 6.29 Å². The molecule has 0 spiro atoms. The molecule has 94 valence electrons. The SMILES string of the molecule is CCCCCCCCCC=CCCCC=O. The summed E-state index contributed by atoms with van der Waals surface area (Å²) >= 11 is 0. The van der Waals surface area contributed by atoms with Gasteiger partial charge in [0, 0.05) is 6.42 Å². The first-order valence-electron chi connectivity index (χ1n) is 7.00. The lowest BCUT2D eigenvalue weighted by molar-refractivity contribution is -0.107. The molecular formula is C15H28O. The van der Waals surface area contributed by atoms with Crippen LogP contribution in [0.4, 0.5) is 0 Å². The molecule has 0 atom stereocenters. The highest BCUT2D eigenvalue weighted by molar-refractivity contribution is 5.48. The van der Waals surface area contributed by atoms with Crippen molar-refractivity contribution in [1.82, 2.24) is 0 Å². The Balaban J connectivity index is 2.99. The van der Waals surface area contributed by atoms with Gasteiger partial charge < -0.3 is 4.79 Å². The summed E-state index contributed by atoms with van der Waals surface area (Å²) in [4.78, 5) is 10.1. The molecule has 0 fully saturated rings. The van der Waals surface area contributed by atoms with Crippen LogP contribution in [-0.2, 0) is 4.79 Å². The maximum absolute atomic E-state index is 10.1. The molecule has 0 N–H and O–H groups in total. The largest absolute Gasteiger partial charge is 0.303 e. The number of carbonyl (C=O) groups excluding carboxylic acids is 1. The third-order valence-corrected chi connectivity index (χ3v) is 2.83. The van der Waals surface area contributed by atoms with Crippen LogP contribution in [0.5, 0.6) is 0 Å².